The number of benzene rings is 1. The molecular formula is C15H17N3O2S. The van der Waals surface area contributed by atoms with Crippen LogP contribution in [0.1, 0.15) is 16.8 Å². The number of hydrogen-bond donors (Lipinski definition) is 2. The van der Waals surface area contributed by atoms with E-state index in [-0.39, 0.29) is 11.7 Å². The Morgan fingerprint density at radius 2 is 2.05 bits per heavy atom. The standard InChI is InChI=1S/C15H17N3O2S/c1-9-4-5-12(10(2)6-9)17-13(19)8-21-14-7-11(3)16-15(20)18-14/h4-7H,8H2,1-3H3,(H,17,19)(H,16,18,20). The molecule has 2 aromatic rings. The fraction of sp³-hybridized carbons (Fsp3) is 0.267. The molecule has 0 atom stereocenters. The molecule has 1 aromatic carbocycles. The molecule has 2 rings (SSSR count). The third-order valence-corrected chi connectivity index (χ3v) is 3.77. The van der Waals surface area contributed by atoms with E-state index in [0.717, 1.165) is 22.5 Å². The number of thioether (sulfide) groups is 1. The summed E-state index contributed by atoms with van der Waals surface area (Å²) in [6, 6.07) is 7.61. The van der Waals surface area contributed by atoms with Crippen molar-refractivity contribution in [2.75, 3.05) is 11.1 Å². The second kappa shape index (κ2) is 6.58. The van der Waals surface area contributed by atoms with Crippen molar-refractivity contribution in [1.29, 1.82) is 0 Å². The van der Waals surface area contributed by atoms with Crippen LogP contribution in [0.15, 0.2) is 34.1 Å². The minimum absolute atomic E-state index is 0.119. The molecule has 110 valence electrons. The fourth-order valence-corrected chi connectivity index (χ4v) is 2.66. The van der Waals surface area contributed by atoms with Crippen molar-refractivity contribution in [3.63, 3.8) is 0 Å². The molecule has 1 amide bonds. The molecule has 0 bridgehead atoms. The number of nitrogens with one attached hydrogen (secondary N) is 2. The van der Waals surface area contributed by atoms with Gasteiger partial charge in [0.25, 0.3) is 0 Å². The third kappa shape index (κ3) is 4.46. The molecule has 0 aliphatic rings. The van der Waals surface area contributed by atoms with E-state index < -0.39 is 5.69 Å². The third-order valence-electron chi connectivity index (χ3n) is 2.86. The van der Waals surface area contributed by atoms with Crippen molar-refractivity contribution < 1.29 is 4.79 Å². The Bertz CT molecular complexity index is 725. The summed E-state index contributed by atoms with van der Waals surface area (Å²) >= 11 is 1.24. The predicted molar refractivity (Wildman–Crippen MR) is 84.9 cm³/mol. The number of carbonyl (C=O) groups excluding carboxylic acids is 1. The number of nitrogens with zero attached hydrogens (tertiary/aromatic N) is 1. The lowest BCUT2D eigenvalue weighted by Crippen LogP contribution is -2.16. The SMILES string of the molecule is Cc1ccc(NC(=O)CSc2cc(C)[nH]c(=O)n2)c(C)c1. The molecule has 0 saturated carbocycles. The van der Waals surface area contributed by atoms with Gasteiger partial charge in [0.05, 0.1) is 5.75 Å². The van der Waals surface area contributed by atoms with Crippen molar-refractivity contribution in [3.8, 4) is 0 Å². The maximum atomic E-state index is 11.9. The lowest BCUT2D eigenvalue weighted by Gasteiger charge is -2.08. The van der Waals surface area contributed by atoms with Crippen LogP contribution in [0, 0.1) is 20.8 Å². The van der Waals surface area contributed by atoms with Gasteiger partial charge in [0.15, 0.2) is 0 Å². The van der Waals surface area contributed by atoms with Gasteiger partial charge in [-0.15, -0.1) is 0 Å². The number of amides is 1. The lowest BCUT2D eigenvalue weighted by molar-refractivity contribution is -0.113. The van der Waals surface area contributed by atoms with Gasteiger partial charge in [-0.3, -0.25) is 4.79 Å². The van der Waals surface area contributed by atoms with Gasteiger partial charge in [-0.1, -0.05) is 29.5 Å². The number of aryl methyl sites for hydroxylation is 3. The summed E-state index contributed by atoms with van der Waals surface area (Å²) in [6.45, 7) is 5.75. The minimum Gasteiger partial charge on any atom is -0.325 e. The second-order valence-corrected chi connectivity index (χ2v) is 5.86. The lowest BCUT2D eigenvalue weighted by atomic mass is 10.1. The molecule has 0 aliphatic heterocycles. The van der Waals surface area contributed by atoms with E-state index in [0.29, 0.717) is 5.03 Å². The van der Waals surface area contributed by atoms with Crippen molar-refractivity contribution in [3.05, 3.63) is 51.6 Å². The van der Waals surface area contributed by atoms with E-state index in [2.05, 4.69) is 15.3 Å². The summed E-state index contributed by atoms with van der Waals surface area (Å²) in [5, 5.41) is 3.41. The van der Waals surface area contributed by atoms with Crippen LogP contribution in [0.25, 0.3) is 0 Å². The Morgan fingerprint density at radius 3 is 2.71 bits per heavy atom. The molecule has 0 unspecified atom stereocenters. The number of H-pyrrole nitrogens is 1. The second-order valence-electron chi connectivity index (χ2n) is 4.86. The number of aromatic nitrogens is 2. The summed E-state index contributed by atoms with van der Waals surface area (Å²) in [6.07, 6.45) is 0. The van der Waals surface area contributed by atoms with Crippen LogP contribution in [0.4, 0.5) is 5.69 Å². The molecule has 2 N–H and O–H groups in total. The average molecular weight is 303 g/mol. The Balaban J connectivity index is 1.97. The molecular weight excluding hydrogens is 286 g/mol. The van der Waals surface area contributed by atoms with Crippen LogP contribution < -0.4 is 11.0 Å². The van der Waals surface area contributed by atoms with E-state index in [4.69, 9.17) is 0 Å². The molecule has 0 spiro atoms. The molecule has 0 aliphatic carbocycles. The van der Waals surface area contributed by atoms with Gasteiger partial charge in [0, 0.05) is 11.4 Å². The van der Waals surface area contributed by atoms with Crippen LogP contribution >= 0.6 is 11.8 Å². The van der Waals surface area contributed by atoms with E-state index in [9.17, 15) is 9.59 Å². The molecule has 6 heteroatoms. The smallest absolute Gasteiger partial charge is 0.325 e. The molecule has 5 nitrogen and oxygen atoms in total. The van der Waals surface area contributed by atoms with Gasteiger partial charge < -0.3 is 10.3 Å². The average Bonchev–Trinajstić information content (AvgIpc) is 2.39. The van der Waals surface area contributed by atoms with Gasteiger partial charge >= 0.3 is 5.69 Å². The van der Waals surface area contributed by atoms with Gasteiger partial charge in [-0.25, -0.2) is 4.79 Å². The Labute approximate surface area is 127 Å². The maximum absolute atomic E-state index is 11.9. The number of hydrogen-bond acceptors (Lipinski definition) is 4. The van der Waals surface area contributed by atoms with Gasteiger partial charge in [-0.2, -0.15) is 4.98 Å². The normalized spacial score (nSPS) is 10.4. The Morgan fingerprint density at radius 1 is 1.29 bits per heavy atom. The molecule has 0 fully saturated rings. The number of carbonyl (C=O) groups is 1. The summed E-state index contributed by atoms with van der Waals surface area (Å²) in [4.78, 5) is 29.6. The Kier molecular flexibility index (Phi) is 4.80. The van der Waals surface area contributed by atoms with Crippen molar-refractivity contribution in [2.24, 2.45) is 0 Å². The van der Waals surface area contributed by atoms with E-state index >= 15 is 0 Å². The van der Waals surface area contributed by atoms with E-state index in [1.807, 2.05) is 32.0 Å². The highest BCUT2D eigenvalue weighted by molar-refractivity contribution is 7.99. The van der Waals surface area contributed by atoms with Crippen LogP contribution in [0.5, 0.6) is 0 Å². The molecule has 0 saturated heterocycles. The molecule has 1 aromatic heterocycles. The topological polar surface area (TPSA) is 74.8 Å². The zero-order valence-corrected chi connectivity index (χ0v) is 13.0. The van der Waals surface area contributed by atoms with Crippen LogP contribution in [0.2, 0.25) is 0 Å². The van der Waals surface area contributed by atoms with Crippen LogP contribution in [0.3, 0.4) is 0 Å². The quantitative estimate of drug-likeness (QED) is 0.672. The maximum Gasteiger partial charge on any atom is 0.346 e. The molecule has 1 heterocycles. The summed E-state index contributed by atoms with van der Waals surface area (Å²) in [5.74, 6) is 0.0927. The van der Waals surface area contributed by atoms with Gasteiger partial charge in [-0.05, 0) is 38.5 Å². The van der Waals surface area contributed by atoms with Crippen molar-refractivity contribution >= 4 is 23.4 Å². The van der Waals surface area contributed by atoms with Gasteiger partial charge in [0.1, 0.15) is 5.03 Å². The highest BCUT2D eigenvalue weighted by Gasteiger charge is 2.07. The Hall–Kier alpha value is -2.08. The van der Waals surface area contributed by atoms with Crippen LogP contribution in [-0.2, 0) is 4.79 Å². The molecule has 0 radical (unpaired) electrons. The predicted octanol–water partition coefficient (Wildman–Crippen LogP) is 2.43. The van der Waals surface area contributed by atoms with Crippen molar-refractivity contribution in [1.82, 2.24) is 9.97 Å². The molecule has 21 heavy (non-hydrogen) atoms. The largest absolute Gasteiger partial charge is 0.346 e. The summed E-state index contributed by atoms with van der Waals surface area (Å²) in [5.41, 5.74) is 3.32. The van der Waals surface area contributed by atoms with E-state index in [1.54, 1.807) is 13.0 Å². The van der Waals surface area contributed by atoms with E-state index in [1.165, 1.54) is 11.8 Å². The minimum atomic E-state index is -0.396. The summed E-state index contributed by atoms with van der Waals surface area (Å²) < 4.78 is 0. The fourth-order valence-electron chi connectivity index (χ4n) is 1.90. The number of rotatable bonds is 4. The summed E-state index contributed by atoms with van der Waals surface area (Å²) in [7, 11) is 0. The zero-order valence-electron chi connectivity index (χ0n) is 12.2. The highest BCUT2D eigenvalue weighted by Crippen LogP contribution is 2.18. The van der Waals surface area contributed by atoms with Gasteiger partial charge in [0.2, 0.25) is 5.91 Å². The zero-order chi connectivity index (χ0) is 15.4. The number of aromatic amines is 1. The van der Waals surface area contributed by atoms with Crippen molar-refractivity contribution in [2.45, 2.75) is 25.8 Å². The monoisotopic (exact) mass is 303 g/mol. The first kappa shape index (κ1) is 15.3. The first-order chi connectivity index (χ1) is 9.94. The highest BCUT2D eigenvalue weighted by atomic mass is 32.2. The number of anilines is 1. The first-order valence-electron chi connectivity index (χ1n) is 6.52. The van der Waals surface area contributed by atoms with Crippen LogP contribution in [-0.4, -0.2) is 21.6 Å². The first-order valence-corrected chi connectivity index (χ1v) is 7.50.